The van der Waals surface area contributed by atoms with Gasteiger partial charge in [-0.25, -0.2) is 8.78 Å². The lowest BCUT2D eigenvalue weighted by Crippen LogP contribution is -2.15. The SMILES string of the molecule is COc1cc(C)c(Br)cc1C(F)(F)CCCC(=O)O. The quantitative estimate of drug-likeness (QED) is 0.850. The maximum Gasteiger partial charge on any atom is 0.303 e. The molecule has 19 heavy (non-hydrogen) atoms. The first-order valence-corrected chi connectivity index (χ1v) is 6.51. The van der Waals surface area contributed by atoms with Gasteiger partial charge in [-0.3, -0.25) is 4.79 Å². The van der Waals surface area contributed by atoms with Gasteiger partial charge in [0, 0.05) is 17.3 Å². The number of methoxy groups -OCH3 is 1. The molecule has 0 atom stereocenters. The molecule has 0 amide bonds. The third-order valence-electron chi connectivity index (χ3n) is 2.76. The van der Waals surface area contributed by atoms with Crippen LogP contribution in [-0.4, -0.2) is 18.2 Å². The Hall–Kier alpha value is -1.17. The highest BCUT2D eigenvalue weighted by molar-refractivity contribution is 9.10. The number of benzene rings is 1. The summed E-state index contributed by atoms with van der Waals surface area (Å²) in [6.45, 7) is 1.78. The predicted molar refractivity (Wildman–Crippen MR) is 70.8 cm³/mol. The molecular formula is C13H15BrF2O3. The normalized spacial score (nSPS) is 11.4. The molecule has 0 saturated carbocycles. The molecule has 106 valence electrons. The fraction of sp³-hybridized carbons (Fsp3) is 0.462. The summed E-state index contributed by atoms with van der Waals surface area (Å²) in [6, 6.07) is 2.86. The Bertz CT molecular complexity index is 475. The van der Waals surface area contributed by atoms with E-state index in [4.69, 9.17) is 9.84 Å². The molecule has 1 aromatic carbocycles. The van der Waals surface area contributed by atoms with Crippen LogP contribution in [0.5, 0.6) is 5.75 Å². The van der Waals surface area contributed by atoms with Crippen LogP contribution >= 0.6 is 15.9 Å². The van der Waals surface area contributed by atoms with Crippen LogP contribution in [0.2, 0.25) is 0 Å². The van der Waals surface area contributed by atoms with Gasteiger partial charge in [0.05, 0.1) is 12.7 Å². The predicted octanol–water partition coefficient (Wildman–Crippen LogP) is 4.11. The molecule has 0 saturated heterocycles. The number of rotatable bonds is 6. The number of ether oxygens (including phenoxy) is 1. The number of aryl methyl sites for hydroxylation is 1. The third-order valence-corrected chi connectivity index (χ3v) is 3.61. The Labute approximate surface area is 118 Å². The molecule has 0 heterocycles. The van der Waals surface area contributed by atoms with Gasteiger partial charge in [0.1, 0.15) is 5.75 Å². The lowest BCUT2D eigenvalue weighted by atomic mass is 10.00. The van der Waals surface area contributed by atoms with Crippen LogP contribution < -0.4 is 4.74 Å². The highest BCUT2D eigenvalue weighted by Crippen LogP contribution is 2.41. The Morgan fingerprint density at radius 3 is 2.63 bits per heavy atom. The molecule has 0 aromatic heterocycles. The van der Waals surface area contributed by atoms with Gasteiger partial charge in [-0.15, -0.1) is 0 Å². The van der Waals surface area contributed by atoms with Crippen molar-refractivity contribution >= 4 is 21.9 Å². The minimum Gasteiger partial charge on any atom is -0.496 e. The average molecular weight is 337 g/mol. The van der Waals surface area contributed by atoms with Gasteiger partial charge in [0.15, 0.2) is 0 Å². The molecular weight excluding hydrogens is 322 g/mol. The minimum absolute atomic E-state index is 0.0863. The van der Waals surface area contributed by atoms with Crippen molar-refractivity contribution in [3.63, 3.8) is 0 Å². The van der Waals surface area contributed by atoms with Gasteiger partial charge >= 0.3 is 5.97 Å². The summed E-state index contributed by atoms with van der Waals surface area (Å²) in [7, 11) is 1.33. The molecule has 6 heteroatoms. The molecule has 1 rings (SSSR count). The molecule has 0 fully saturated rings. The van der Waals surface area contributed by atoms with E-state index in [9.17, 15) is 13.6 Å². The summed E-state index contributed by atoms with van der Waals surface area (Å²) >= 11 is 3.21. The molecule has 1 aromatic rings. The van der Waals surface area contributed by atoms with Crippen molar-refractivity contribution in [2.24, 2.45) is 0 Å². The summed E-state index contributed by atoms with van der Waals surface area (Å²) in [5, 5.41) is 8.49. The molecule has 0 bridgehead atoms. The molecule has 1 N–H and O–H groups in total. The highest BCUT2D eigenvalue weighted by Gasteiger charge is 2.34. The molecule has 0 aliphatic carbocycles. The molecule has 0 unspecified atom stereocenters. The van der Waals surface area contributed by atoms with E-state index in [1.807, 2.05) is 0 Å². The van der Waals surface area contributed by atoms with Crippen molar-refractivity contribution in [2.75, 3.05) is 7.11 Å². The van der Waals surface area contributed by atoms with Crippen molar-refractivity contribution < 1.29 is 23.4 Å². The van der Waals surface area contributed by atoms with Gasteiger partial charge in [-0.2, -0.15) is 0 Å². The Morgan fingerprint density at radius 1 is 1.47 bits per heavy atom. The van der Waals surface area contributed by atoms with E-state index in [0.717, 1.165) is 5.56 Å². The summed E-state index contributed by atoms with van der Waals surface area (Å²) in [5.41, 5.74) is 0.569. The smallest absolute Gasteiger partial charge is 0.303 e. The number of carbonyl (C=O) groups is 1. The number of aliphatic carboxylic acids is 1. The average Bonchev–Trinajstić information content (AvgIpc) is 2.31. The van der Waals surface area contributed by atoms with E-state index in [0.29, 0.717) is 4.47 Å². The Kier molecular flexibility index (Phi) is 5.29. The number of carboxylic acid groups (broad SMARTS) is 1. The lowest BCUT2D eigenvalue weighted by molar-refractivity contribution is -0.137. The fourth-order valence-electron chi connectivity index (χ4n) is 1.71. The van der Waals surface area contributed by atoms with Crippen LogP contribution in [0.4, 0.5) is 8.78 Å². The van der Waals surface area contributed by atoms with Crippen molar-refractivity contribution in [1.82, 2.24) is 0 Å². The highest BCUT2D eigenvalue weighted by atomic mass is 79.9. The second-order valence-corrected chi connectivity index (χ2v) is 5.11. The van der Waals surface area contributed by atoms with Crippen LogP contribution in [0.25, 0.3) is 0 Å². The van der Waals surface area contributed by atoms with Crippen molar-refractivity contribution in [3.8, 4) is 5.75 Å². The standard InChI is InChI=1S/C13H15BrF2O3/c1-8-6-11(19-2)9(7-10(8)14)13(15,16)5-3-4-12(17)18/h6-7H,3-5H2,1-2H3,(H,17,18). The monoisotopic (exact) mass is 336 g/mol. The number of halogens is 3. The second kappa shape index (κ2) is 6.32. The number of hydrogen-bond donors (Lipinski definition) is 1. The summed E-state index contributed by atoms with van der Waals surface area (Å²) < 4.78 is 33.7. The van der Waals surface area contributed by atoms with E-state index >= 15 is 0 Å². The van der Waals surface area contributed by atoms with E-state index in [2.05, 4.69) is 15.9 Å². The van der Waals surface area contributed by atoms with E-state index in [1.165, 1.54) is 19.2 Å². The zero-order chi connectivity index (χ0) is 14.6. The first-order valence-electron chi connectivity index (χ1n) is 5.72. The van der Waals surface area contributed by atoms with Gasteiger partial charge in [-0.05, 0) is 31.0 Å². The molecule has 3 nitrogen and oxygen atoms in total. The molecule has 0 aliphatic rings. The Balaban J connectivity index is 2.99. The van der Waals surface area contributed by atoms with Crippen LogP contribution in [0.3, 0.4) is 0 Å². The van der Waals surface area contributed by atoms with E-state index < -0.39 is 18.3 Å². The third kappa shape index (κ3) is 4.16. The molecule has 0 aliphatic heterocycles. The second-order valence-electron chi connectivity index (χ2n) is 4.25. The van der Waals surface area contributed by atoms with Crippen LogP contribution in [0, 0.1) is 6.92 Å². The zero-order valence-corrected chi connectivity index (χ0v) is 12.3. The van der Waals surface area contributed by atoms with Gasteiger partial charge in [0.25, 0.3) is 5.92 Å². The van der Waals surface area contributed by atoms with Crippen molar-refractivity contribution in [3.05, 3.63) is 27.7 Å². The molecule has 0 spiro atoms. The zero-order valence-electron chi connectivity index (χ0n) is 10.7. The number of alkyl halides is 2. The van der Waals surface area contributed by atoms with Crippen LogP contribution in [0.1, 0.15) is 30.4 Å². The first-order chi connectivity index (χ1) is 8.77. The van der Waals surface area contributed by atoms with E-state index in [1.54, 1.807) is 6.92 Å². The van der Waals surface area contributed by atoms with E-state index in [-0.39, 0.29) is 24.2 Å². The van der Waals surface area contributed by atoms with Gasteiger partial charge in [0.2, 0.25) is 0 Å². The topological polar surface area (TPSA) is 46.5 Å². The summed E-state index contributed by atoms with van der Waals surface area (Å²) in [6.07, 6.45) is -0.882. The first kappa shape index (κ1) is 15.9. The maximum absolute atomic E-state index is 14.1. The van der Waals surface area contributed by atoms with Crippen molar-refractivity contribution in [1.29, 1.82) is 0 Å². The largest absolute Gasteiger partial charge is 0.496 e. The fourth-order valence-corrected chi connectivity index (χ4v) is 2.05. The minimum atomic E-state index is -3.11. The maximum atomic E-state index is 14.1. The van der Waals surface area contributed by atoms with Crippen molar-refractivity contribution in [2.45, 2.75) is 32.1 Å². The van der Waals surface area contributed by atoms with Crippen LogP contribution in [0.15, 0.2) is 16.6 Å². The summed E-state index contributed by atoms with van der Waals surface area (Å²) in [5.74, 6) is -4.08. The number of hydrogen-bond acceptors (Lipinski definition) is 2. The summed E-state index contributed by atoms with van der Waals surface area (Å²) in [4.78, 5) is 10.4. The molecule has 0 radical (unpaired) electrons. The van der Waals surface area contributed by atoms with Gasteiger partial charge < -0.3 is 9.84 Å². The lowest BCUT2D eigenvalue weighted by Gasteiger charge is -2.20. The van der Waals surface area contributed by atoms with Crippen LogP contribution in [-0.2, 0) is 10.7 Å². The van der Waals surface area contributed by atoms with Gasteiger partial charge in [-0.1, -0.05) is 15.9 Å². The Morgan fingerprint density at radius 2 is 2.11 bits per heavy atom. The number of carboxylic acids is 1.